The van der Waals surface area contributed by atoms with Crippen molar-refractivity contribution in [2.24, 2.45) is 10.9 Å². The fourth-order valence-corrected chi connectivity index (χ4v) is 2.94. The van der Waals surface area contributed by atoms with Crippen molar-refractivity contribution in [2.75, 3.05) is 0 Å². The highest BCUT2D eigenvalue weighted by atomic mass is 16.1. The maximum absolute atomic E-state index is 12.7. The van der Waals surface area contributed by atoms with Gasteiger partial charge in [0.05, 0.1) is 5.69 Å². The Morgan fingerprint density at radius 3 is 2.48 bits per heavy atom. The van der Waals surface area contributed by atoms with E-state index in [1.54, 1.807) is 0 Å². The van der Waals surface area contributed by atoms with Gasteiger partial charge in [0.15, 0.2) is 0 Å². The van der Waals surface area contributed by atoms with E-state index in [1.165, 1.54) is 5.57 Å². The molecule has 1 atom stereocenters. The van der Waals surface area contributed by atoms with Crippen LogP contribution in [0.3, 0.4) is 0 Å². The average molecular weight is 341 g/mol. The molecule has 25 heavy (non-hydrogen) atoms. The molecule has 0 saturated carbocycles. The van der Waals surface area contributed by atoms with Crippen LogP contribution >= 0.6 is 0 Å². The van der Waals surface area contributed by atoms with Crippen LogP contribution in [0.5, 0.6) is 0 Å². The zero-order valence-corrected chi connectivity index (χ0v) is 16.5. The minimum Gasteiger partial charge on any atom is -0.347 e. The van der Waals surface area contributed by atoms with Crippen LogP contribution in [0.2, 0.25) is 0 Å². The number of hydrogen-bond acceptors (Lipinski definition) is 2. The highest BCUT2D eigenvalue weighted by Crippen LogP contribution is 2.24. The molecule has 1 amide bonds. The molecule has 0 spiro atoms. The second-order valence-electron chi connectivity index (χ2n) is 7.64. The van der Waals surface area contributed by atoms with Crippen LogP contribution in [-0.4, -0.2) is 18.2 Å². The molecule has 0 aliphatic rings. The molecule has 1 rings (SSSR count). The summed E-state index contributed by atoms with van der Waals surface area (Å²) in [6, 6.07) is 7.68. The Balaban J connectivity index is 3.00. The Bertz CT molecular complexity index is 666. The summed E-state index contributed by atoms with van der Waals surface area (Å²) >= 11 is 0. The maximum atomic E-state index is 12.7. The van der Waals surface area contributed by atoms with E-state index in [0.717, 1.165) is 24.1 Å². The summed E-state index contributed by atoms with van der Waals surface area (Å²) < 4.78 is 0. The molecule has 136 valence electrons. The standard InChI is InChI=1S/C22H32N2O/c1-16(2)12-13-22(6,15-17(3)4)24-21(25)18(5)14-19-10-8-9-11-20(19)23-7/h8-12,14,17H,7,13,15H2,1-6H3,(H,24,25)/b18-14+. The molecule has 0 fully saturated rings. The van der Waals surface area contributed by atoms with E-state index in [0.29, 0.717) is 11.5 Å². The van der Waals surface area contributed by atoms with Gasteiger partial charge in [-0.05, 0) is 65.3 Å². The van der Waals surface area contributed by atoms with Gasteiger partial charge in [-0.3, -0.25) is 9.79 Å². The molecule has 0 heterocycles. The molecule has 0 radical (unpaired) electrons. The first-order valence-electron chi connectivity index (χ1n) is 8.87. The van der Waals surface area contributed by atoms with Crippen LogP contribution in [0.4, 0.5) is 5.69 Å². The summed E-state index contributed by atoms with van der Waals surface area (Å²) in [4.78, 5) is 16.8. The minimum atomic E-state index is -0.256. The van der Waals surface area contributed by atoms with Crippen molar-refractivity contribution in [3.8, 4) is 0 Å². The molecule has 1 N–H and O–H groups in total. The third-order valence-corrected chi connectivity index (χ3v) is 4.07. The highest BCUT2D eigenvalue weighted by Gasteiger charge is 2.26. The quantitative estimate of drug-likeness (QED) is 0.368. The van der Waals surface area contributed by atoms with Crippen molar-refractivity contribution in [3.63, 3.8) is 0 Å². The molecule has 0 saturated heterocycles. The lowest BCUT2D eigenvalue weighted by Gasteiger charge is -2.32. The highest BCUT2D eigenvalue weighted by molar-refractivity contribution is 5.98. The molecular weight excluding hydrogens is 308 g/mol. The lowest BCUT2D eigenvalue weighted by atomic mass is 9.86. The maximum Gasteiger partial charge on any atom is 0.247 e. The number of nitrogens with zero attached hydrogens (tertiary/aromatic N) is 1. The van der Waals surface area contributed by atoms with Crippen LogP contribution < -0.4 is 5.32 Å². The van der Waals surface area contributed by atoms with Gasteiger partial charge < -0.3 is 5.32 Å². The Labute approximate surface area is 152 Å². The lowest BCUT2D eigenvalue weighted by Crippen LogP contribution is -2.47. The van der Waals surface area contributed by atoms with Gasteiger partial charge >= 0.3 is 0 Å². The number of benzene rings is 1. The molecule has 3 nitrogen and oxygen atoms in total. The zero-order valence-electron chi connectivity index (χ0n) is 16.5. The largest absolute Gasteiger partial charge is 0.347 e. The van der Waals surface area contributed by atoms with Gasteiger partial charge in [-0.15, -0.1) is 0 Å². The number of hydrogen-bond donors (Lipinski definition) is 1. The normalized spacial score (nSPS) is 14.0. The van der Waals surface area contributed by atoms with E-state index in [2.05, 4.69) is 57.7 Å². The van der Waals surface area contributed by atoms with Gasteiger partial charge in [0.25, 0.3) is 0 Å². The number of allylic oxidation sites excluding steroid dienone is 1. The number of para-hydroxylation sites is 1. The van der Waals surface area contributed by atoms with Crippen LogP contribution in [-0.2, 0) is 4.79 Å². The summed E-state index contributed by atoms with van der Waals surface area (Å²) in [5.74, 6) is 0.468. The van der Waals surface area contributed by atoms with Crippen LogP contribution in [0.15, 0.2) is 46.5 Å². The Kier molecular flexibility index (Phi) is 7.82. The Morgan fingerprint density at radius 2 is 1.92 bits per heavy atom. The second kappa shape index (κ2) is 9.36. The lowest BCUT2D eigenvalue weighted by molar-refractivity contribution is -0.119. The van der Waals surface area contributed by atoms with Gasteiger partial charge in [-0.2, -0.15) is 0 Å². The third kappa shape index (κ3) is 7.08. The van der Waals surface area contributed by atoms with E-state index >= 15 is 0 Å². The number of nitrogens with one attached hydrogen (secondary N) is 1. The number of amides is 1. The van der Waals surface area contributed by atoms with E-state index in [-0.39, 0.29) is 11.4 Å². The SMILES string of the molecule is C=Nc1ccccc1/C=C(\C)C(=O)NC(C)(CC=C(C)C)CC(C)C. The van der Waals surface area contributed by atoms with Gasteiger partial charge in [-0.25, -0.2) is 0 Å². The van der Waals surface area contributed by atoms with Gasteiger partial charge in [0, 0.05) is 16.7 Å². The zero-order chi connectivity index (χ0) is 19.0. The summed E-state index contributed by atoms with van der Waals surface area (Å²) in [6.45, 7) is 16.1. The van der Waals surface area contributed by atoms with Crippen molar-refractivity contribution in [2.45, 2.75) is 59.9 Å². The minimum absolute atomic E-state index is 0.0378. The Morgan fingerprint density at radius 1 is 1.28 bits per heavy atom. The first-order chi connectivity index (χ1) is 11.7. The van der Waals surface area contributed by atoms with Gasteiger partial charge in [-0.1, -0.05) is 43.7 Å². The number of carbonyl (C=O) groups excluding carboxylic acids is 1. The number of aliphatic imine (C=N–C) groups is 1. The number of carbonyl (C=O) groups is 1. The van der Waals surface area contributed by atoms with Crippen molar-refractivity contribution in [3.05, 3.63) is 47.1 Å². The predicted molar refractivity (Wildman–Crippen MR) is 109 cm³/mol. The van der Waals surface area contributed by atoms with E-state index < -0.39 is 0 Å². The van der Waals surface area contributed by atoms with Crippen molar-refractivity contribution in [1.29, 1.82) is 0 Å². The first kappa shape index (κ1) is 20.9. The van der Waals surface area contributed by atoms with Crippen LogP contribution in [0.1, 0.15) is 59.9 Å². The second-order valence-corrected chi connectivity index (χ2v) is 7.64. The third-order valence-electron chi connectivity index (χ3n) is 4.07. The summed E-state index contributed by atoms with van der Waals surface area (Å²) in [6.07, 6.45) is 5.83. The van der Waals surface area contributed by atoms with E-state index in [1.807, 2.05) is 37.3 Å². The summed E-state index contributed by atoms with van der Waals surface area (Å²) in [5.41, 5.74) is 3.36. The molecule has 0 aliphatic carbocycles. The average Bonchev–Trinajstić information content (AvgIpc) is 2.52. The topological polar surface area (TPSA) is 41.5 Å². The fraction of sp³-hybridized carbons (Fsp3) is 0.455. The molecule has 3 heteroatoms. The van der Waals surface area contributed by atoms with Crippen molar-refractivity contribution in [1.82, 2.24) is 5.32 Å². The molecule has 1 aromatic carbocycles. The fourth-order valence-electron chi connectivity index (χ4n) is 2.94. The van der Waals surface area contributed by atoms with Crippen molar-refractivity contribution >= 4 is 24.4 Å². The van der Waals surface area contributed by atoms with Gasteiger partial charge in [0.2, 0.25) is 5.91 Å². The molecule has 0 bridgehead atoms. The molecule has 1 unspecified atom stereocenters. The van der Waals surface area contributed by atoms with Crippen LogP contribution in [0.25, 0.3) is 6.08 Å². The van der Waals surface area contributed by atoms with Crippen molar-refractivity contribution < 1.29 is 4.79 Å². The summed E-state index contributed by atoms with van der Waals surface area (Å²) in [5, 5.41) is 3.24. The van der Waals surface area contributed by atoms with E-state index in [4.69, 9.17) is 0 Å². The first-order valence-corrected chi connectivity index (χ1v) is 8.87. The molecule has 1 aromatic rings. The van der Waals surface area contributed by atoms with E-state index in [9.17, 15) is 4.79 Å². The number of rotatable bonds is 8. The molecular formula is C22H32N2O. The van der Waals surface area contributed by atoms with Crippen LogP contribution in [0, 0.1) is 5.92 Å². The Hall–Kier alpha value is -2.16. The smallest absolute Gasteiger partial charge is 0.247 e. The summed E-state index contributed by atoms with van der Waals surface area (Å²) in [7, 11) is 0. The molecule has 0 aromatic heterocycles. The van der Waals surface area contributed by atoms with Gasteiger partial charge in [0.1, 0.15) is 0 Å². The predicted octanol–water partition coefficient (Wildman–Crippen LogP) is 5.70. The molecule has 0 aliphatic heterocycles. The monoisotopic (exact) mass is 340 g/mol.